The Morgan fingerprint density at radius 1 is 1.06 bits per heavy atom. The zero-order chi connectivity index (χ0) is 12.8. The normalized spacial score (nSPS) is 30.6. The molecule has 10 heteroatoms. The summed E-state index contributed by atoms with van der Waals surface area (Å²) in [5.74, 6) is -0.522. The van der Waals surface area contributed by atoms with Crippen LogP contribution in [0.3, 0.4) is 0 Å². The van der Waals surface area contributed by atoms with E-state index in [4.69, 9.17) is 74.3 Å². The van der Waals surface area contributed by atoms with Gasteiger partial charge in [-0.3, -0.25) is 0 Å². The highest BCUT2D eigenvalue weighted by Gasteiger charge is 2.51. The molecule has 0 aromatic rings. The van der Waals surface area contributed by atoms with Gasteiger partial charge in [0.1, 0.15) is 0 Å². The first-order valence-corrected chi connectivity index (χ1v) is 8.06. The average molecular weight is 371 g/mol. The Labute approximate surface area is 123 Å². The van der Waals surface area contributed by atoms with E-state index in [1.165, 1.54) is 0 Å². The Morgan fingerprint density at radius 3 is 1.88 bits per heavy atom. The number of ether oxygens (including phenoxy) is 1. The van der Waals surface area contributed by atoms with E-state index in [1.54, 1.807) is 0 Å². The van der Waals surface area contributed by atoms with Crippen molar-refractivity contribution in [3.63, 3.8) is 0 Å². The summed E-state index contributed by atoms with van der Waals surface area (Å²) in [6, 6.07) is 0. The summed E-state index contributed by atoms with van der Waals surface area (Å²) < 4.78 is 23.2. The van der Waals surface area contributed by atoms with Gasteiger partial charge in [-0.25, -0.2) is 8.42 Å². The summed E-state index contributed by atoms with van der Waals surface area (Å²) in [4.78, 5) is 0. The molecule has 0 bridgehead atoms. The van der Waals surface area contributed by atoms with Crippen LogP contribution < -0.4 is 0 Å². The summed E-state index contributed by atoms with van der Waals surface area (Å²) in [6.07, 6.45) is -0.905. The number of sulfone groups is 1. The lowest BCUT2D eigenvalue weighted by atomic mass is 10.3. The predicted octanol–water partition coefficient (Wildman–Crippen LogP) is 2.91. The van der Waals surface area contributed by atoms with Crippen LogP contribution in [0.4, 0.5) is 0 Å². The second kappa shape index (κ2) is 4.97. The van der Waals surface area contributed by atoms with Crippen LogP contribution in [0.2, 0.25) is 0 Å². The van der Waals surface area contributed by atoms with Gasteiger partial charge in [0.05, 0.1) is 23.0 Å². The van der Waals surface area contributed by atoms with Crippen molar-refractivity contribution >= 4 is 79.4 Å². The molecule has 0 N–H and O–H groups in total. The van der Waals surface area contributed by atoms with Crippen LogP contribution in [0.1, 0.15) is 0 Å². The summed E-state index contributed by atoms with van der Waals surface area (Å²) in [7, 11) is -3.27. The van der Waals surface area contributed by atoms with Crippen molar-refractivity contribution < 1.29 is 13.2 Å². The number of halogens is 6. The maximum atomic E-state index is 11.2. The molecule has 96 valence electrons. The van der Waals surface area contributed by atoms with E-state index < -0.39 is 29.6 Å². The average Bonchev–Trinajstić information content (AvgIpc) is 2.20. The smallest absolute Gasteiger partial charge is 0.266 e. The van der Waals surface area contributed by atoms with E-state index in [-0.39, 0.29) is 11.5 Å². The first-order chi connectivity index (χ1) is 6.95. The van der Waals surface area contributed by atoms with E-state index in [9.17, 15) is 8.42 Å². The van der Waals surface area contributed by atoms with Gasteiger partial charge in [-0.1, -0.05) is 58.0 Å². The van der Waals surface area contributed by atoms with Crippen LogP contribution in [0.15, 0.2) is 0 Å². The van der Waals surface area contributed by atoms with Crippen molar-refractivity contribution in [2.24, 2.45) is 0 Å². The van der Waals surface area contributed by atoms with Gasteiger partial charge >= 0.3 is 0 Å². The predicted molar refractivity (Wildman–Crippen MR) is 67.9 cm³/mol. The van der Waals surface area contributed by atoms with E-state index in [2.05, 4.69) is 0 Å². The van der Waals surface area contributed by atoms with Crippen LogP contribution in [0.25, 0.3) is 0 Å². The lowest BCUT2D eigenvalue weighted by Crippen LogP contribution is -2.40. The topological polar surface area (TPSA) is 43.4 Å². The van der Waals surface area contributed by atoms with Gasteiger partial charge in [-0.05, 0) is 0 Å². The lowest BCUT2D eigenvalue weighted by Gasteiger charge is -2.30. The van der Waals surface area contributed by atoms with Crippen LogP contribution in [0.5, 0.6) is 0 Å². The maximum Gasteiger partial charge on any atom is 0.266 e. The third-order valence-corrected chi connectivity index (χ3v) is 6.31. The van der Waals surface area contributed by atoms with Crippen molar-refractivity contribution in [2.45, 2.75) is 19.8 Å². The molecule has 1 rings (SSSR count). The summed E-state index contributed by atoms with van der Waals surface area (Å²) in [6.45, 7) is 0. The molecule has 0 aliphatic carbocycles. The van der Waals surface area contributed by atoms with Gasteiger partial charge in [0.25, 0.3) is 4.52 Å². The Balaban J connectivity index is 2.77. The first kappa shape index (κ1) is 15.7. The molecule has 3 nitrogen and oxygen atoms in total. The number of rotatable bonds is 2. The molecule has 0 amide bonds. The minimum absolute atomic E-state index is 0.219. The molecule has 1 saturated heterocycles. The molecule has 1 aliphatic heterocycles. The molecular weight excluding hydrogens is 365 g/mol. The zero-order valence-electron chi connectivity index (χ0n) is 7.47. The fourth-order valence-electron chi connectivity index (χ4n) is 1.14. The van der Waals surface area contributed by atoms with E-state index in [1.807, 2.05) is 0 Å². The second-order valence-corrected chi connectivity index (χ2v) is 9.52. The zero-order valence-corrected chi connectivity index (χ0v) is 12.8. The minimum atomic E-state index is -3.27. The highest BCUT2D eigenvalue weighted by molar-refractivity contribution is 7.91. The van der Waals surface area contributed by atoms with Crippen LogP contribution >= 0.6 is 69.6 Å². The van der Waals surface area contributed by atoms with Gasteiger partial charge in [-0.2, -0.15) is 0 Å². The van der Waals surface area contributed by atoms with E-state index in [0.29, 0.717) is 0 Å². The Bertz CT molecular complexity index is 361. The Kier molecular flexibility index (Phi) is 4.88. The largest absolute Gasteiger partial charge is 0.337 e. The Morgan fingerprint density at radius 2 is 1.56 bits per heavy atom. The molecule has 0 aromatic carbocycles. The fraction of sp³-hybridized carbons (Fsp3) is 1.00. The van der Waals surface area contributed by atoms with Crippen LogP contribution in [0, 0.1) is 0 Å². The van der Waals surface area contributed by atoms with Gasteiger partial charge in [0, 0.05) is 0 Å². The van der Waals surface area contributed by atoms with E-state index in [0.717, 1.165) is 0 Å². The molecule has 0 saturated carbocycles. The molecule has 2 atom stereocenters. The minimum Gasteiger partial charge on any atom is -0.337 e. The number of hydrogen-bond acceptors (Lipinski definition) is 3. The quantitative estimate of drug-likeness (QED) is 0.702. The fourth-order valence-corrected chi connectivity index (χ4v) is 3.96. The second-order valence-electron chi connectivity index (χ2n) is 3.26. The molecule has 0 aromatic heterocycles. The molecule has 0 spiro atoms. The number of alkyl halides is 6. The first-order valence-electron chi connectivity index (χ1n) is 3.91. The van der Waals surface area contributed by atoms with Gasteiger partial charge in [-0.15, -0.1) is 11.6 Å². The van der Waals surface area contributed by atoms with E-state index >= 15 is 0 Å². The molecule has 1 aliphatic rings. The summed E-state index contributed by atoms with van der Waals surface area (Å²) >= 11 is 33.5. The molecule has 16 heavy (non-hydrogen) atoms. The van der Waals surface area contributed by atoms with Gasteiger partial charge < -0.3 is 4.74 Å². The Hall–Kier alpha value is 1.65. The SMILES string of the molecule is O=S1(=O)C[C@@H](Cl)[C@@H](OC(Cl)(Cl)C(Cl)(Cl)Cl)C1. The highest BCUT2D eigenvalue weighted by Crippen LogP contribution is 2.48. The molecule has 0 radical (unpaired) electrons. The number of hydrogen-bond donors (Lipinski definition) is 0. The third-order valence-electron chi connectivity index (χ3n) is 1.86. The van der Waals surface area contributed by atoms with Crippen LogP contribution in [-0.4, -0.2) is 39.7 Å². The monoisotopic (exact) mass is 368 g/mol. The molecule has 1 heterocycles. The standard InChI is InChI=1S/C6H6Cl6O3S/c7-3-1-16(13,14)2-4(3)15-6(11,12)5(8,9)10/h3-4H,1-2H2/t3-,4+/m1/s1. The van der Waals surface area contributed by atoms with Gasteiger partial charge in [0.15, 0.2) is 9.84 Å². The van der Waals surface area contributed by atoms with Crippen molar-refractivity contribution in [2.75, 3.05) is 11.5 Å². The third kappa shape index (κ3) is 3.82. The highest BCUT2D eigenvalue weighted by atomic mass is 35.6. The van der Waals surface area contributed by atoms with Crippen molar-refractivity contribution in [3.8, 4) is 0 Å². The molecule has 0 unspecified atom stereocenters. The summed E-state index contributed by atoms with van der Waals surface area (Å²) in [5.41, 5.74) is 0. The van der Waals surface area contributed by atoms with Crippen molar-refractivity contribution in [1.82, 2.24) is 0 Å². The molecular formula is C6H6Cl6O3S. The summed E-state index contributed by atoms with van der Waals surface area (Å²) in [5, 5.41) is -0.769. The lowest BCUT2D eigenvalue weighted by molar-refractivity contribution is 0.0265. The van der Waals surface area contributed by atoms with Crippen molar-refractivity contribution in [1.29, 1.82) is 0 Å². The van der Waals surface area contributed by atoms with Gasteiger partial charge in [0.2, 0.25) is 3.79 Å². The maximum absolute atomic E-state index is 11.2. The van der Waals surface area contributed by atoms with Crippen molar-refractivity contribution in [3.05, 3.63) is 0 Å². The molecule has 1 fully saturated rings. The van der Waals surface area contributed by atoms with Crippen LogP contribution in [-0.2, 0) is 14.6 Å².